The van der Waals surface area contributed by atoms with Crippen LogP contribution in [0.4, 0.5) is 0 Å². The molecule has 11 aromatic rings. The highest BCUT2D eigenvalue weighted by atomic mass is 32.1. The van der Waals surface area contributed by atoms with Crippen LogP contribution in [0.5, 0.6) is 0 Å². The van der Waals surface area contributed by atoms with Crippen LogP contribution < -0.4 is 0 Å². The lowest BCUT2D eigenvalue weighted by atomic mass is 10.0. The van der Waals surface area contributed by atoms with Crippen molar-refractivity contribution in [3.05, 3.63) is 145 Å². The number of aromatic nitrogens is 2. The van der Waals surface area contributed by atoms with Crippen molar-refractivity contribution in [1.82, 2.24) is 9.13 Å². The summed E-state index contributed by atoms with van der Waals surface area (Å²) in [6, 6.07) is 50.7. The molecule has 0 aliphatic rings. The number of para-hydroxylation sites is 1. The molecule has 4 aromatic heterocycles. The summed E-state index contributed by atoms with van der Waals surface area (Å²) in [6.45, 7) is 0. The second-order valence-electron chi connectivity index (χ2n) is 12.8. The molecule has 50 heavy (non-hydrogen) atoms. The third-order valence-corrected chi connectivity index (χ3v) is 11.3. The van der Waals surface area contributed by atoms with Gasteiger partial charge in [0.2, 0.25) is 0 Å². The number of thiophene rings is 1. The molecule has 0 aliphatic carbocycles. The van der Waals surface area contributed by atoms with Crippen LogP contribution in [0.3, 0.4) is 0 Å². The predicted molar refractivity (Wildman–Crippen MR) is 205 cm³/mol. The fourth-order valence-electron chi connectivity index (χ4n) is 8.03. The SMILES string of the molecule is N#Cc1ccc2c(c1)c1ccccc1n2-c1ccc2oc3ccc(-n4c5ccc(C#N)cc5c5c6c(ccc54)sc4ccccc46)cc3c2c1. The number of furan rings is 1. The van der Waals surface area contributed by atoms with Crippen molar-refractivity contribution >= 4 is 97.1 Å². The minimum absolute atomic E-state index is 0.644. The van der Waals surface area contributed by atoms with E-state index in [-0.39, 0.29) is 0 Å². The molecule has 0 saturated carbocycles. The molecule has 7 aromatic carbocycles. The van der Waals surface area contributed by atoms with Crippen molar-refractivity contribution in [3.63, 3.8) is 0 Å². The smallest absolute Gasteiger partial charge is 0.135 e. The van der Waals surface area contributed by atoms with Crippen LogP contribution in [0.2, 0.25) is 0 Å². The van der Waals surface area contributed by atoms with Crippen molar-refractivity contribution in [1.29, 1.82) is 10.5 Å². The third-order valence-electron chi connectivity index (χ3n) is 10.2. The van der Waals surface area contributed by atoms with E-state index >= 15 is 0 Å². The standard InChI is InChI=1S/C44H22N4OS/c45-23-25-9-13-36-31(19-25)29-5-1-3-7-35(29)47(36)27-11-16-39-32(21-27)33-22-28(12-17-40(33)49-39)48-37-14-10-26(24-46)20-34(37)43-38(48)15-18-42-44(43)30-6-2-4-8-41(30)50-42/h1-22H. The van der Waals surface area contributed by atoms with Gasteiger partial charge in [0.15, 0.2) is 0 Å². The number of hydrogen-bond acceptors (Lipinski definition) is 4. The molecule has 6 heteroatoms. The van der Waals surface area contributed by atoms with Crippen molar-refractivity contribution in [2.24, 2.45) is 0 Å². The zero-order valence-corrected chi connectivity index (χ0v) is 27.1. The molecule has 11 rings (SSSR count). The Hall–Kier alpha value is -6.86. The summed E-state index contributed by atoms with van der Waals surface area (Å²) >= 11 is 1.80. The van der Waals surface area contributed by atoms with E-state index in [9.17, 15) is 10.5 Å². The quantitative estimate of drug-likeness (QED) is 0.186. The average Bonchev–Trinajstić information content (AvgIpc) is 3.91. The maximum Gasteiger partial charge on any atom is 0.135 e. The maximum atomic E-state index is 9.88. The second-order valence-corrected chi connectivity index (χ2v) is 13.9. The van der Waals surface area contributed by atoms with Gasteiger partial charge in [-0.15, -0.1) is 11.3 Å². The van der Waals surface area contributed by atoms with Crippen molar-refractivity contribution < 1.29 is 4.42 Å². The Morgan fingerprint density at radius 2 is 1.02 bits per heavy atom. The minimum Gasteiger partial charge on any atom is -0.456 e. The second kappa shape index (κ2) is 9.84. The first kappa shape index (κ1) is 27.1. The topological polar surface area (TPSA) is 70.6 Å². The normalized spacial score (nSPS) is 12.0. The molecule has 4 heterocycles. The summed E-state index contributed by atoms with van der Waals surface area (Å²) in [5.74, 6) is 0. The number of hydrogen-bond donors (Lipinski definition) is 0. The molecule has 0 spiro atoms. The molecular formula is C44H22N4OS. The Labute approximate surface area is 288 Å². The van der Waals surface area contributed by atoms with Gasteiger partial charge in [-0.05, 0) is 97.1 Å². The molecule has 230 valence electrons. The summed E-state index contributed by atoms with van der Waals surface area (Å²) in [4.78, 5) is 0. The fraction of sp³-hybridized carbons (Fsp3) is 0. The van der Waals surface area contributed by atoms with Crippen molar-refractivity contribution in [3.8, 4) is 23.5 Å². The molecule has 0 N–H and O–H groups in total. The molecule has 0 radical (unpaired) electrons. The molecule has 5 nitrogen and oxygen atoms in total. The van der Waals surface area contributed by atoms with Crippen LogP contribution in [0.25, 0.3) is 97.1 Å². The predicted octanol–water partition coefficient (Wildman–Crippen LogP) is 11.9. The summed E-state index contributed by atoms with van der Waals surface area (Å²) in [5.41, 5.74) is 9.26. The van der Waals surface area contributed by atoms with Gasteiger partial charge in [-0.25, -0.2) is 0 Å². The summed E-state index contributed by atoms with van der Waals surface area (Å²) in [5, 5.41) is 28.4. The van der Waals surface area contributed by atoms with Crippen LogP contribution in [0, 0.1) is 22.7 Å². The van der Waals surface area contributed by atoms with Crippen LogP contribution in [-0.4, -0.2) is 9.13 Å². The number of rotatable bonds is 2. The van der Waals surface area contributed by atoms with Gasteiger partial charge < -0.3 is 13.6 Å². The Bertz CT molecular complexity index is 3360. The first-order valence-corrected chi connectivity index (χ1v) is 17.2. The van der Waals surface area contributed by atoms with Gasteiger partial charge in [-0.1, -0.05) is 36.4 Å². The average molecular weight is 655 g/mol. The summed E-state index contributed by atoms with van der Waals surface area (Å²) < 4.78 is 13.5. The molecule has 0 atom stereocenters. The lowest BCUT2D eigenvalue weighted by molar-refractivity contribution is 0.669. The molecule has 0 aliphatic heterocycles. The fourth-order valence-corrected chi connectivity index (χ4v) is 9.14. The molecule has 0 amide bonds. The van der Waals surface area contributed by atoms with Crippen LogP contribution in [0.15, 0.2) is 138 Å². The van der Waals surface area contributed by atoms with E-state index in [1.54, 1.807) is 11.3 Å². The van der Waals surface area contributed by atoms with Crippen LogP contribution in [-0.2, 0) is 0 Å². The van der Waals surface area contributed by atoms with Gasteiger partial charge >= 0.3 is 0 Å². The van der Waals surface area contributed by atoms with Gasteiger partial charge in [-0.3, -0.25) is 0 Å². The van der Waals surface area contributed by atoms with E-state index < -0.39 is 0 Å². The molecule has 0 bridgehead atoms. The zero-order valence-electron chi connectivity index (χ0n) is 26.3. The Morgan fingerprint density at radius 1 is 0.440 bits per heavy atom. The molecule has 0 saturated heterocycles. The summed E-state index contributed by atoms with van der Waals surface area (Å²) in [6.07, 6.45) is 0. The first-order valence-electron chi connectivity index (χ1n) is 16.4. The maximum absolute atomic E-state index is 9.88. The van der Waals surface area contributed by atoms with Crippen LogP contribution >= 0.6 is 11.3 Å². The third kappa shape index (κ3) is 3.58. The number of nitrogens with zero attached hydrogens (tertiary/aromatic N) is 4. The van der Waals surface area contributed by atoms with Gasteiger partial charge in [0.1, 0.15) is 11.2 Å². The monoisotopic (exact) mass is 654 g/mol. The first-order chi connectivity index (χ1) is 24.7. The molecule has 0 unspecified atom stereocenters. The lowest BCUT2D eigenvalue weighted by Gasteiger charge is -2.09. The number of fused-ring (bicyclic) bond motifs is 13. The highest BCUT2D eigenvalue weighted by molar-refractivity contribution is 7.26. The van der Waals surface area contributed by atoms with E-state index in [1.807, 2.05) is 36.4 Å². The van der Waals surface area contributed by atoms with E-state index in [0.717, 1.165) is 76.9 Å². The highest BCUT2D eigenvalue weighted by Gasteiger charge is 2.20. The zero-order chi connectivity index (χ0) is 33.1. The number of benzene rings is 7. The van der Waals surface area contributed by atoms with E-state index in [0.29, 0.717) is 11.1 Å². The Balaban J connectivity index is 1.19. The minimum atomic E-state index is 0.644. The lowest BCUT2D eigenvalue weighted by Crippen LogP contribution is -1.94. The van der Waals surface area contributed by atoms with E-state index in [4.69, 9.17) is 4.42 Å². The van der Waals surface area contributed by atoms with Crippen LogP contribution in [0.1, 0.15) is 11.1 Å². The highest BCUT2D eigenvalue weighted by Crippen LogP contribution is 2.44. The van der Waals surface area contributed by atoms with Gasteiger partial charge in [0.05, 0.1) is 45.3 Å². The molecular weight excluding hydrogens is 633 g/mol. The number of nitriles is 2. The van der Waals surface area contributed by atoms with Gasteiger partial charge in [-0.2, -0.15) is 10.5 Å². The van der Waals surface area contributed by atoms with Crippen molar-refractivity contribution in [2.75, 3.05) is 0 Å². The van der Waals surface area contributed by atoms with Crippen molar-refractivity contribution in [2.45, 2.75) is 0 Å². The Morgan fingerprint density at radius 3 is 1.74 bits per heavy atom. The van der Waals surface area contributed by atoms with E-state index in [2.05, 4.69) is 118 Å². The van der Waals surface area contributed by atoms with Gasteiger partial charge in [0.25, 0.3) is 0 Å². The summed E-state index contributed by atoms with van der Waals surface area (Å²) in [7, 11) is 0. The van der Waals surface area contributed by atoms with Gasteiger partial charge in [0, 0.05) is 63.9 Å². The Kier molecular flexibility index (Phi) is 5.34. The molecule has 0 fully saturated rings. The largest absolute Gasteiger partial charge is 0.456 e. The van der Waals surface area contributed by atoms with E-state index in [1.165, 1.54) is 20.2 Å².